The van der Waals surface area contributed by atoms with E-state index in [1.807, 2.05) is 43.3 Å². The maximum Gasteiger partial charge on any atom is 0.326 e. The van der Waals surface area contributed by atoms with E-state index < -0.39 is 12.0 Å². The van der Waals surface area contributed by atoms with E-state index in [9.17, 15) is 19.5 Å². The zero-order valence-electron chi connectivity index (χ0n) is 22.3. The number of nitrogens with one attached hydrogen (secondary N) is 1. The zero-order chi connectivity index (χ0) is 28.3. The number of hydrogen-bond acceptors (Lipinski definition) is 5. The third-order valence-electron chi connectivity index (χ3n) is 6.52. The second-order valence-electron chi connectivity index (χ2n) is 9.22. The number of benzene rings is 4. The minimum absolute atomic E-state index is 0.0405. The summed E-state index contributed by atoms with van der Waals surface area (Å²) >= 11 is 0. The number of ketones is 1. The molecule has 4 rings (SSSR count). The average Bonchev–Trinajstić information content (AvgIpc) is 3.00. The third-order valence-corrected chi connectivity index (χ3v) is 6.52. The van der Waals surface area contributed by atoms with Crippen LogP contribution in [0.2, 0.25) is 0 Å². The van der Waals surface area contributed by atoms with Crippen LogP contribution < -0.4 is 10.1 Å². The van der Waals surface area contributed by atoms with E-state index in [2.05, 4.69) is 5.32 Å². The fraction of sp³-hybridized carbons (Fsp3) is 0.182. The first-order chi connectivity index (χ1) is 19.5. The quantitative estimate of drug-likeness (QED) is 0.217. The lowest BCUT2D eigenvalue weighted by Gasteiger charge is -2.21. The normalized spacial score (nSPS) is 11.3. The number of para-hydroxylation sites is 1. The van der Waals surface area contributed by atoms with Gasteiger partial charge < -0.3 is 20.1 Å². The van der Waals surface area contributed by atoms with Crippen molar-refractivity contribution in [1.29, 1.82) is 0 Å². The fourth-order valence-electron chi connectivity index (χ4n) is 4.34. The summed E-state index contributed by atoms with van der Waals surface area (Å²) in [6.07, 6.45) is 0.207. The zero-order valence-corrected chi connectivity index (χ0v) is 22.3. The van der Waals surface area contributed by atoms with Gasteiger partial charge in [-0.3, -0.25) is 9.59 Å². The molecule has 0 bridgehead atoms. The van der Waals surface area contributed by atoms with Crippen LogP contribution in [0.15, 0.2) is 109 Å². The lowest BCUT2D eigenvalue weighted by Crippen LogP contribution is -2.34. The Hall–Kier alpha value is -4.91. The molecule has 0 aliphatic rings. The minimum atomic E-state index is -1.02. The molecule has 0 spiro atoms. The summed E-state index contributed by atoms with van der Waals surface area (Å²) in [6, 6.07) is 31.2. The number of carbonyl (C=O) groups is 3. The van der Waals surface area contributed by atoms with Crippen LogP contribution in [-0.2, 0) is 11.2 Å². The molecule has 4 aromatic carbocycles. The van der Waals surface area contributed by atoms with Gasteiger partial charge in [0.2, 0.25) is 0 Å². The fourth-order valence-corrected chi connectivity index (χ4v) is 4.34. The SMILES string of the molecule is CCN(CCOc1ccc(C[C@H](Nc2ccccc2C(=O)c2ccccc2)C(=O)O)cc1)C(=O)c1ccccc1. The second-order valence-corrected chi connectivity index (χ2v) is 9.22. The highest BCUT2D eigenvalue weighted by Gasteiger charge is 2.21. The smallest absolute Gasteiger partial charge is 0.326 e. The van der Waals surface area contributed by atoms with Gasteiger partial charge in [0.05, 0.1) is 6.54 Å². The Labute approximate surface area is 234 Å². The highest BCUT2D eigenvalue weighted by atomic mass is 16.5. The summed E-state index contributed by atoms with van der Waals surface area (Å²) in [6.45, 7) is 3.27. The van der Waals surface area contributed by atoms with Gasteiger partial charge in [0.25, 0.3) is 5.91 Å². The van der Waals surface area contributed by atoms with Gasteiger partial charge in [-0.05, 0) is 48.9 Å². The summed E-state index contributed by atoms with van der Waals surface area (Å²) < 4.78 is 5.85. The van der Waals surface area contributed by atoms with E-state index in [0.29, 0.717) is 47.8 Å². The van der Waals surface area contributed by atoms with Crippen LogP contribution >= 0.6 is 0 Å². The molecule has 1 atom stereocenters. The van der Waals surface area contributed by atoms with Crippen molar-refractivity contribution >= 4 is 23.3 Å². The predicted molar refractivity (Wildman–Crippen MR) is 155 cm³/mol. The van der Waals surface area contributed by atoms with Crippen molar-refractivity contribution in [3.05, 3.63) is 131 Å². The number of ether oxygens (including phenoxy) is 1. The molecule has 0 aromatic heterocycles. The molecule has 1 amide bonds. The van der Waals surface area contributed by atoms with Gasteiger partial charge in [0.1, 0.15) is 18.4 Å². The van der Waals surface area contributed by atoms with Crippen LogP contribution in [0, 0.1) is 0 Å². The molecule has 4 aromatic rings. The van der Waals surface area contributed by atoms with Crippen molar-refractivity contribution in [2.45, 2.75) is 19.4 Å². The summed E-state index contributed by atoms with van der Waals surface area (Å²) in [5.41, 5.74) is 2.85. The maximum absolute atomic E-state index is 13.0. The lowest BCUT2D eigenvalue weighted by molar-refractivity contribution is -0.137. The Morgan fingerprint density at radius 2 is 1.40 bits per heavy atom. The van der Waals surface area contributed by atoms with E-state index in [0.717, 1.165) is 5.56 Å². The number of rotatable bonds is 13. The monoisotopic (exact) mass is 536 g/mol. The Bertz CT molecular complexity index is 1420. The van der Waals surface area contributed by atoms with Crippen LogP contribution in [-0.4, -0.2) is 53.4 Å². The molecule has 204 valence electrons. The van der Waals surface area contributed by atoms with Gasteiger partial charge in [-0.1, -0.05) is 72.8 Å². The minimum Gasteiger partial charge on any atom is -0.492 e. The van der Waals surface area contributed by atoms with Crippen molar-refractivity contribution in [2.24, 2.45) is 0 Å². The van der Waals surface area contributed by atoms with Gasteiger partial charge in [0.15, 0.2) is 5.78 Å². The molecule has 2 N–H and O–H groups in total. The van der Waals surface area contributed by atoms with Gasteiger partial charge in [-0.15, -0.1) is 0 Å². The molecule has 0 aliphatic carbocycles. The summed E-state index contributed by atoms with van der Waals surface area (Å²) in [5, 5.41) is 13.0. The first kappa shape index (κ1) is 28.1. The van der Waals surface area contributed by atoms with Gasteiger partial charge in [0, 0.05) is 35.3 Å². The molecule has 0 radical (unpaired) electrons. The van der Waals surface area contributed by atoms with Crippen molar-refractivity contribution in [3.8, 4) is 5.75 Å². The molecule has 0 aliphatic heterocycles. The molecule has 0 saturated carbocycles. The van der Waals surface area contributed by atoms with Gasteiger partial charge in [-0.2, -0.15) is 0 Å². The van der Waals surface area contributed by atoms with E-state index >= 15 is 0 Å². The van der Waals surface area contributed by atoms with E-state index in [1.165, 1.54) is 0 Å². The summed E-state index contributed by atoms with van der Waals surface area (Å²) in [5.74, 6) is -0.613. The molecular formula is C33H32N2O5. The molecule has 0 saturated heterocycles. The van der Waals surface area contributed by atoms with Crippen LogP contribution in [0.3, 0.4) is 0 Å². The highest BCUT2D eigenvalue weighted by Crippen LogP contribution is 2.22. The Balaban J connectivity index is 1.36. The molecule has 0 heterocycles. The van der Waals surface area contributed by atoms with E-state index in [4.69, 9.17) is 4.74 Å². The predicted octanol–water partition coefficient (Wildman–Crippen LogP) is 5.57. The van der Waals surface area contributed by atoms with Crippen LogP contribution in [0.4, 0.5) is 5.69 Å². The number of carbonyl (C=O) groups excluding carboxylic acids is 2. The van der Waals surface area contributed by atoms with Crippen molar-refractivity contribution < 1.29 is 24.2 Å². The number of amides is 1. The molecule has 7 nitrogen and oxygen atoms in total. The number of carboxylic acid groups (broad SMARTS) is 1. The largest absolute Gasteiger partial charge is 0.492 e. The van der Waals surface area contributed by atoms with E-state index in [-0.39, 0.29) is 18.1 Å². The van der Waals surface area contributed by atoms with Crippen LogP contribution in [0.5, 0.6) is 5.75 Å². The van der Waals surface area contributed by atoms with Gasteiger partial charge >= 0.3 is 5.97 Å². The van der Waals surface area contributed by atoms with Gasteiger partial charge in [-0.25, -0.2) is 4.79 Å². The molecule has 0 fully saturated rings. The van der Waals surface area contributed by atoms with Crippen molar-refractivity contribution in [3.63, 3.8) is 0 Å². The maximum atomic E-state index is 13.0. The highest BCUT2D eigenvalue weighted by molar-refractivity contribution is 6.12. The second kappa shape index (κ2) is 13.8. The topological polar surface area (TPSA) is 95.9 Å². The Morgan fingerprint density at radius 1 is 0.800 bits per heavy atom. The van der Waals surface area contributed by atoms with Crippen LogP contribution in [0.25, 0.3) is 0 Å². The molecule has 0 unspecified atom stereocenters. The summed E-state index contributed by atoms with van der Waals surface area (Å²) in [4.78, 5) is 39.6. The number of carboxylic acids is 1. The van der Waals surface area contributed by atoms with E-state index in [1.54, 1.807) is 77.7 Å². The Morgan fingerprint density at radius 3 is 2.02 bits per heavy atom. The van der Waals surface area contributed by atoms with Crippen molar-refractivity contribution in [2.75, 3.05) is 25.0 Å². The molecule has 7 heteroatoms. The number of likely N-dealkylation sites (N-methyl/N-ethyl adjacent to an activating group) is 1. The standard InChI is InChI=1S/C33H32N2O5/c1-2-35(32(37)26-13-7-4-8-14-26)21-22-40-27-19-17-24(18-20-27)23-30(33(38)39)34-29-16-10-9-15-28(29)31(36)25-11-5-3-6-12-25/h3-20,30,34H,2,21-23H2,1H3,(H,38,39)/t30-/m0/s1. The third kappa shape index (κ3) is 7.35. The first-order valence-corrected chi connectivity index (χ1v) is 13.2. The van der Waals surface area contributed by atoms with Crippen molar-refractivity contribution in [1.82, 2.24) is 4.90 Å². The van der Waals surface area contributed by atoms with Crippen LogP contribution in [0.1, 0.15) is 38.8 Å². The number of hydrogen-bond donors (Lipinski definition) is 2. The average molecular weight is 537 g/mol. The Kier molecular flexibility index (Phi) is 9.67. The first-order valence-electron chi connectivity index (χ1n) is 13.2. The number of anilines is 1. The summed E-state index contributed by atoms with van der Waals surface area (Å²) in [7, 11) is 0. The molecular weight excluding hydrogens is 504 g/mol. The lowest BCUT2D eigenvalue weighted by atomic mass is 10.00. The number of nitrogens with zero attached hydrogens (tertiary/aromatic N) is 1. The number of aliphatic carboxylic acids is 1. The molecule has 40 heavy (non-hydrogen) atoms.